The number of rotatable bonds is 3. The Bertz CT molecular complexity index is 599. The van der Waals surface area contributed by atoms with Crippen LogP contribution in [0, 0.1) is 17.2 Å². The monoisotopic (exact) mass is 298 g/mol. The molecule has 1 aliphatic heterocycles. The van der Waals surface area contributed by atoms with Crippen LogP contribution in [0.15, 0.2) is 24.3 Å². The van der Waals surface area contributed by atoms with Crippen molar-refractivity contribution in [3.05, 3.63) is 35.4 Å². The average molecular weight is 298 g/mol. The number of hydrogen-bond acceptors (Lipinski definition) is 3. The van der Waals surface area contributed by atoms with E-state index in [1.54, 1.807) is 17.0 Å². The zero-order valence-corrected chi connectivity index (χ0v) is 13.4. The van der Waals surface area contributed by atoms with Crippen molar-refractivity contribution in [1.29, 1.82) is 5.26 Å². The van der Waals surface area contributed by atoms with Gasteiger partial charge in [0, 0.05) is 18.7 Å². The molecule has 0 bridgehead atoms. The van der Waals surface area contributed by atoms with Crippen molar-refractivity contribution in [1.82, 2.24) is 4.90 Å². The van der Waals surface area contributed by atoms with Crippen LogP contribution in [0.3, 0.4) is 0 Å². The van der Waals surface area contributed by atoms with Crippen LogP contribution in [0.4, 0.5) is 0 Å². The van der Waals surface area contributed by atoms with Gasteiger partial charge in [-0.15, -0.1) is 0 Å². The van der Waals surface area contributed by atoms with E-state index in [1.807, 2.05) is 18.2 Å². The minimum Gasteiger partial charge on any atom is -0.341 e. The second-order valence-electron chi connectivity index (χ2n) is 6.79. The van der Waals surface area contributed by atoms with Gasteiger partial charge in [-0.05, 0) is 23.8 Å². The third kappa shape index (κ3) is 3.36. The Balaban J connectivity index is 2.18. The molecule has 0 aliphatic carbocycles. The second kappa shape index (κ2) is 6.31. The molecule has 0 N–H and O–H groups in total. The van der Waals surface area contributed by atoms with Crippen LogP contribution < -0.4 is 0 Å². The Kier molecular flexibility index (Phi) is 4.65. The molecular weight excluding hydrogens is 276 g/mol. The summed E-state index contributed by atoms with van der Waals surface area (Å²) in [5.74, 6) is -1.98. The molecule has 1 aromatic carbocycles. The van der Waals surface area contributed by atoms with Gasteiger partial charge in [-0.2, -0.15) is 5.26 Å². The molecular formula is C18H22N2O2. The molecule has 0 unspecified atom stereocenters. The first kappa shape index (κ1) is 16.2. The van der Waals surface area contributed by atoms with E-state index in [1.165, 1.54) is 0 Å². The second-order valence-corrected chi connectivity index (χ2v) is 6.79. The average Bonchev–Trinajstić information content (AvgIpc) is 3.01. The van der Waals surface area contributed by atoms with Crippen molar-refractivity contribution in [3.63, 3.8) is 0 Å². The summed E-state index contributed by atoms with van der Waals surface area (Å²) < 4.78 is 0. The molecule has 1 amide bonds. The SMILES string of the molecule is CC(C)(C)c1ccc(C(=O)[C@H](C#N)C(=O)N2CCCC2)cc1. The molecule has 1 atom stereocenters. The van der Waals surface area contributed by atoms with Gasteiger partial charge in [0.2, 0.25) is 5.91 Å². The number of ketones is 1. The first-order valence-corrected chi connectivity index (χ1v) is 7.68. The lowest BCUT2D eigenvalue weighted by Gasteiger charge is -2.20. The molecule has 0 aromatic heterocycles. The Morgan fingerprint density at radius 1 is 1.14 bits per heavy atom. The van der Waals surface area contributed by atoms with Crippen molar-refractivity contribution in [2.24, 2.45) is 5.92 Å². The summed E-state index contributed by atoms with van der Waals surface area (Å²) >= 11 is 0. The third-order valence-electron chi connectivity index (χ3n) is 4.09. The molecule has 0 radical (unpaired) electrons. The van der Waals surface area contributed by atoms with Crippen LogP contribution in [0.2, 0.25) is 0 Å². The van der Waals surface area contributed by atoms with Gasteiger partial charge in [0.05, 0.1) is 6.07 Å². The van der Waals surface area contributed by atoms with Gasteiger partial charge in [0.25, 0.3) is 0 Å². The number of carbonyl (C=O) groups is 2. The molecule has 22 heavy (non-hydrogen) atoms. The quantitative estimate of drug-likeness (QED) is 0.636. The smallest absolute Gasteiger partial charge is 0.247 e. The Hall–Kier alpha value is -2.15. The number of benzene rings is 1. The Morgan fingerprint density at radius 3 is 2.14 bits per heavy atom. The van der Waals surface area contributed by atoms with Crippen molar-refractivity contribution in [3.8, 4) is 6.07 Å². The van der Waals surface area contributed by atoms with Gasteiger partial charge < -0.3 is 4.90 Å². The van der Waals surface area contributed by atoms with Crippen molar-refractivity contribution in [2.75, 3.05) is 13.1 Å². The van der Waals surface area contributed by atoms with Gasteiger partial charge in [-0.1, -0.05) is 45.0 Å². The van der Waals surface area contributed by atoms with Crippen molar-refractivity contribution < 1.29 is 9.59 Å². The highest BCUT2D eigenvalue weighted by molar-refractivity contribution is 6.12. The highest BCUT2D eigenvalue weighted by atomic mass is 16.2. The molecule has 116 valence electrons. The lowest BCUT2D eigenvalue weighted by Crippen LogP contribution is -2.37. The number of Topliss-reactive ketones (excluding diaryl/α,β-unsaturated/α-hetero) is 1. The summed E-state index contributed by atoms with van der Waals surface area (Å²) in [6.45, 7) is 7.58. The summed E-state index contributed by atoms with van der Waals surface area (Å²) in [6.07, 6.45) is 1.89. The fourth-order valence-electron chi connectivity index (χ4n) is 2.65. The summed E-state index contributed by atoms with van der Waals surface area (Å²) in [7, 11) is 0. The van der Waals surface area contributed by atoms with E-state index in [2.05, 4.69) is 20.8 Å². The molecule has 1 aromatic rings. The highest BCUT2D eigenvalue weighted by Crippen LogP contribution is 2.23. The maximum absolute atomic E-state index is 12.5. The molecule has 4 nitrogen and oxygen atoms in total. The summed E-state index contributed by atoms with van der Waals surface area (Å²) in [5.41, 5.74) is 1.54. The largest absolute Gasteiger partial charge is 0.341 e. The van der Waals surface area contributed by atoms with Crippen LogP contribution in [0.5, 0.6) is 0 Å². The van der Waals surface area contributed by atoms with Gasteiger partial charge in [-0.3, -0.25) is 9.59 Å². The van der Waals surface area contributed by atoms with Crippen LogP contribution in [0.25, 0.3) is 0 Å². The molecule has 0 spiro atoms. The highest BCUT2D eigenvalue weighted by Gasteiger charge is 2.32. The Morgan fingerprint density at radius 2 is 1.68 bits per heavy atom. The van der Waals surface area contributed by atoms with E-state index < -0.39 is 11.7 Å². The molecule has 4 heteroatoms. The fraction of sp³-hybridized carbons (Fsp3) is 0.500. The zero-order valence-electron chi connectivity index (χ0n) is 13.4. The van der Waals surface area contributed by atoms with E-state index in [9.17, 15) is 14.9 Å². The van der Waals surface area contributed by atoms with Crippen LogP contribution in [-0.4, -0.2) is 29.7 Å². The molecule has 1 saturated heterocycles. The summed E-state index contributed by atoms with van der Waals surface area (Å²) in [6, 6.07) is 9.09. The molecule has 1 aliphatic rings. The fourth-order valence-corrected chi connectivity index (χ4v) is 2.65. The van der Waals surface area contributed by atoms with Crippen LogP contribution in [-0.2, 0) is 10.2 Å². The van der Waals surface area contributed by atoms with Crippen LogP contribution in [0.1, 0.15) is 49.5 Å². The van der Waals surface area contributed by atoms with Crippen molar-refractivity contribution >= 4 is 11.7 Å². The van der Waals surface area contributed by atoms with Crippen molar-refractivity contribution in [2.45, 2.75) is 39.0 Å². The maximum Gasteiger partial charge on any atom is 0.247 e. The number of hydrogen-bond donors (Lipinski definition) is 0. The lowest BCUT2D eigenvalue weighted by molar-refractivity contribution is -0.131. The third-order valence-corrected chi connectivity index (χ3v) is 4.09. The normalized spacial score (nSPS) is 16.2. The number of likely N-dealkylation sites (tertiary alicyclic amines) is 1. The van der Waals surface area contributed by atoms with Gasteiger partial charge in [-0.25, -0.2) is 0 Å². The van der Waals surface area contributed by atoms with E-state index in [-0.39, 0.29) is 11.3 Å². The summed E-state index contributed by atoms with van der Waals surface area (Å²) in [4.78, 5) is 26.4. The van der Waals surface area contributed by atoms with E-state index in [0.717, 1.165) is 18.4 Å². The number of nitrogens with zero attached hydrogens (tertiary/aromatic N) is 2. The van der Waals surface area contributed by atoms with Gasteiger partial charge in [0.1, 0.15) is 0 Å². The first-order chi connectivity index (χ1) is 10.3. The molecule has 1 heterocycles. The number of amides is 1. The molecule has 2 rings (SSSR count). The molecule has 1 fully saturated rings. The summed E-state index contributed by atoms with van der Waals surface area (Å²) in [5, 5.41) is 9.25. The minimum absolute atomic E-state index is 0.00157. The van der Waals surface area contributed by atoms with E-state index >= 15 is 0 Å². The maximum atomic E-state index is 12.5. The van der Waals surface area contributed by atoms with Gasteiger partial charge >= 0.3 is 0 Å². The number of carbonyl (C=O) groups excluding carboxylic acids is 2. The zero-order chi connectivity index (χ0) is 16.3. The predicted octanol–water partition coefficient (Wildman–Crippen LogP) is 2.93. The number of nitriles is 1. The van der Waals surface area contributed by atoms with E-state index in [0.29, 0.717) is 18.7 Å². The van der Waals surface area contributed by atoms with Gasteiger partial charge in [0.15, 0.2) is 11.7 Å². The molecule has 0 saturated carbocycles. The van der Waals surface area contributed by atoms with Crippen LogP contribution >= 0.6 is 0 Å². The lowest BCUT2D eigenvalue weighted by atomic mass is 9.86. The Labute approximate surface area is 131 Å². The topological polar surface area (TPSA) is 61.2 Å². The predicted molar refractivity (Wildman–Crippen MR) is 84.4 cm³/mol. The first-order valence-electron chi connectivity index (χ1n) is 7.68. The van der Waals surface area contributed by atoms with E-state index in [4.69, 9.17) is 0 Å². The minimum atomic E-state index is -1.22. The standard InChI is InChI=1S/C18H22N2O2/c1-18(2,3)14-8-6-13(7-9-14)16(21)15(12-19)17(22)20-10-4-5-11-20/h6-9,15H,4-5,10-11H2,1-3H3/t15-/m0/s1.